The van der Waals surface area contributed by atoms with Gasteiger partial charge in [-0.05, 0) is 35.7 Å². The van der Waals surface area contributed by atoms with Gasteiger partial charge in [-0.25, -0.2) is 28.8 Å². The molecule has 0 saturated carbocycles. The Labute approximate surface area is 232 Å². The molecule has 0 atom stereocenters. The maximum atomic E-state index is 15.2. The SMILES string of the molecule is CC(C)c1ccc(N=C(C=C(N)C(C)(C)C)NC(=O)Nc2ccc(-c3nn(C)c4ncnc(N)c34)cc2F)cc1. The summed E-state index contributed by atoms with van der Waals surface area (Å²) in [5.74, 6) is 0.175. The predicted octanol–water partition coefficient (Wildman–Crippen LogP) is 5.62. The average molecular weight is 544 g/mol. The fourth-order valence-electron chi connectivity index (χ4n) is 3.88. The Balaban J connectivity index is 1.59. The van der Waals surface area contributed by atoms with E-state index in [0.29, 0.717) is 39.6 Å². The summed E-state index contributed by atoms with van der Waals surface area (Å²) in [6.07, 6.45) is 2.95. The number of halogens is 1. The highest BCUT2D eigenvalue weighted by atomic mass is 19.1. The number of anilines is 2. The summed E-state index contributed by atoms with van der Waals surface area (Å²) < 4.78 is 16.7. The van der Waals surface area contributed by atoms with Crippen molar-refractivity contribution in [3.8, 4) is 11.3 Å². The van der Waals surface area contributed by atoms with Crippen molar-refractivity contribution >= 4 is 40.1 Å². The lowest BCUT2D eigenvalue weighted by Gasteiger charge is -2.19. The van der Waals surface area contributed by atoms with E-state index in [9.17, 15) is 4.79 Å². The number of amides is 2. The molecule has 2 aromatic heterocycles. The minimum atomic E-state index is -0.678. The first-order valence-corrected chi connectivity index (χ1v) is 12.8. The molecule has 0 radical (unpaired) electrons. The normalized spacial score (nSPS) is 12.7. The van der Waals surface area contributed by atoms with Crippen LogP contribution in [0.5, 0.6) is 0 Å². The molecule has 6 N–H and O–H groups in total. The largest absolute Gasteiger partial charge is 0.401 e. The molecule has 0 fully saturated rings. The number of amidine groups is 1. The maximum absolute atomic E-state index is 15.2. The number of fused-ring (bicyclic) bond motifs is 1. The predicted molar refractivity (Wildman–Crippen MR) is 158 cm³/mol. The van der Waals surface area contributed by atoms with Crippen molar-refractivity contribution in [2.45, 2.75) is 40.5 Å². The molecule has 4 rings (SSSR count). The molecule has 10 nitrogen and oxygen atoms in total. The van der Waals surface area contributed by atoms with Gasteiger partial charge in [0.05, 0.1) is 16.8 Å². The highest BCUT2D eigenvalue weighted by Gasteiger charge is 2.18. The molecule has 0 spiro atoms. The molecular weight excluding hydrogens is 509 g/mol. The Kier molecular flexibility index (Phi) is 7.85. The third-order valence-corrected chi connectivity index (χ3v) is 6.35. The Morgan fingerprint density at radius 1 is 1.12 bits per heavy atom. The number of aromatic nitrogens is 4. The summed E-state index contributed by atoms with van der Waals surface area (Å²) in [6.45, 7) is 10.1. The van der Waals surface area contributed by atoms with Crippen LogP contribution >= 0.6 is 0 Å². The number of hydrogen-bond donors (Lipinski definition) is 4. The van der Waals surface area contributed by atoms with Crippen molar-refractivity contribution in [1.29, 1.82) is 0 Å². The molecule has 0 aliphatic rings. The zero-order valence-electron chi connectivity index (χ0n) is 23.5. The van der Waals surface area contributed by atoms with Gasteiger partial charge in [0.1, 0.15) is 29.5 Å². The lowest BCUT2D eigenvalue weighted by atomic mass is 9.92. The van der Waals surface area contributed by atoms with Crippen LogP contribution in [0.2, 0.25) is 0 Å². The first-order chi connectivity index (χ1) is 18.8. The van der Waals surface area contributed by atoms with Crippen LogP contribution in [0.25, 0.3) is 22.3 Å². The highest BCUT2D eigenvalue weighted by molar-refractivity contribution is 6.09. The molecule has 2 aromatic carbocycles. The van der Waals surface area contributed by atoms with Crippen molar-refractivity contribution < 1.29 is 9.18 Å². The van der Waals surface area contributed by atoms with Gasteiger partial charge >= 0.3 is 6.03 Å². The molecular formula is C29H34FN9O. The first kappa shape index (κ1) is 28.2. The highest BCUT2D eigenvalue weighted by Crippen LogP contribution is 2.31. The summed E-state index contributed by atoms with van der Waals surface area (Å²) in [5, 5.41) is 10.2. The van der Waals surface area contributed by atoms with Crippen LogP contribution < -0.4 is 22.1 Å². The molecule has 0 aliphatic heterocycles. The van der Waals surface area contributed by atoms with Crippen LogP contribution in [0.4, 0.5) is 26.4 Å². The van der Waals surface area contributed by atoms with Crippen LogP contribution in [-0.4, -0.2) is 31.6 Å². The molecule has 208 valence electrons. The Morgan fingerprint density at radius 3 is 2.45 bits per heavy atom. The third-order valence-electron chi connectivity index (χ3n) is 6.35. The van der Waals surface area contributed by atoms with Crippen molar-refractivity contribution in [2.24, 2.45) is 23.2 Å². The van der Waals surface area contributed by atoms with Crippen LogP contribution in [0.15, 0.2) is 65.6 Å². The lowest BCUT2D eigenvalue weighted by Crippen LogP contribution is -2.34. The molecule has 0 saturated heterocycles. The average Bonchev–Trinajstić information content (AvgIpc) is 3.22. The van der Waals surface area contributed by atoms with Gasteiger partial charge in [0.15, 0.2) is 5.65 Å². The van der Waals surface area contributed by atoms with Gasteiger partial charge in [-0.1, -0.05) is 52.8 Å². The summed E-state index contributed by atoms with van der Waals surface area (Å²) in [7, 11) is 1.72. The summed E-state index contributed by atoms with van der Waals surface area (Å²) >= 11 is 0. The van der Waals surface area contributed by atoms with E-state index >= 15 is 4.39 Å². The lowest BCUT2D eigenvalue weighted by molar-refractivity contribution is 0.256. The maximum Gasteiger partial charge on any atom is 0.324 e. The van der Waals surface area contributed by atoms with E-state index in [1.165, 1.54) is 24.0 Å². The zero-order valence-corrected chi connectivity index (χ0v) is 23.5. The molecule has 2 amide bonds. The van der Waals surface area contributed by atoms with E-state index in [1.54, 1.807) is 23.9 Å². The van der Waals surface area contributed by atoms with Gasteiger partial charge in [0.2, 0.25) is 0 Å². The Bertz CT molecular complexity index is 1610. The number of carbonyl (C=O) groups is 1. The van der Waals surface area contributed by atoms with Gasteiger partial charge in [0.25, 0.3) is 0 Å². The van der Waals surface area contributed by atoms with E-state index in [4.69, 9.17) is 11.5 Å². The van der Waals surface area contributed by atoms with Gasteiger partial charge in [-0.2, -0.15) is 5.10 Å². The van der Waals surface area contributed by atoms with E-state index in [0.717, 1.165) is 0 Å². The minimum absolute atomic E-state index is 0.0286. The second-order valence-electron chi connectivity index (χ2n) is 10.8. The number of rotatable bonds is 5. The summed E-state index contributed by atoms with van der Waals surface area (Å²) in [6, 6.07) is 11.4. The van der Waals surface area contributed by atoms with Crippen LogP contribution in [0, 0.1) is 11.2 Å². The second-order valence-corrected chi connectivity index (χ2v) is 10.8. The van der Waals surface area contributed by atoms with Crippen LogP contribution in [0.3, 0.4) is 0 Å². The molecule has 0 unspecified atom stereocenters. The van der Waals surface area contributed by atoms with Gasteiger partial charge < -0.3 is 16.8 Å². The van der Waals surface area contributed by atoms with Crippen LogP contribution in [0.1, 0.15) is 46.1 Å². The zero-order chi connectivity index (χ0) is 29.2. The molecule has 0 bridgehead atoms. The number of nitrogens with two attached hydrogens (primary N) is 2. The topological polar surface area (TPSA) is 149 Å². The number of benzene rings is 2. The number of nitrogens with one attached hydrogen (secondary N) is 2. The van der Waals surface area contributed by atoms with Crippen molar-refractivity contribution in [3.63, 3.8) is 0 Å². The first-order valence-electron chi connectivity index (χ1n) is 12.8. The monoisotopic (exact) mass is 543 g/mol. The Morgan fingerprint density at radius 2 is 1.82 bits per heavy atom. The summed E-state index contributed by atoms with van der Waals surface area (Å²) in [4.78, 5) is 25.7. The van der Waals surface area contributed by atoms with Gasteiger partial charge in [-0.15, -0.1) is 0 Å². The number of aryl methyl sites for hydroxylation is 1. The van der Waals surface area contributed by atoms with Crippen LogP contribution in [-0.2, 0) is 7.05 Å². The number of nitrogen functional groups attached to an aromatic ring is 1. The van der Waals surface area contributed by atoms with E-state index < -0.39 is 11.8 Å². The van der Waals surface area contributed by atoms with E-state index in [2.05, 4.69) is 44.5 Å². The number of carbonyl (C=O) groups excluding carboxylic acids is 1. The molecule has 4 aromatic rings. The number of aliphatic imine (C=N–C) groups is 1. The molecule has 11 heteroatoms. The summed E-state index contributed by atoms with van der Waals surface area (Å²) in [5.41, 5.74) is 15.7. The van der Waals surface area contributed by atoms with Crippen molar-refractivity contribution in [1.82, 2.24) is 25.1 Å². The molecule has 40 heavy (non-hydrogen) atoms. The van der Waals surface area contributed by atoms with Gasteiger partial charge in [0, 0.05) is 29.8 Å². The minimum Gasteiger partial charge on any atom is -0.401 e. The number of allylic oxidation sites excluding steroid dienone is 1. The van der Waals surface area contributed by atoms with E-state index in [-0.39, 0.29) is 22.8 Å². The van der Waals surface area contributed by atoms with Gasteiger partial charge in [-0.3, -0.25) is 5.32 Å². The number of nitrogens with zero attached hydrogens (tertiary/aromatic N) is 5. The standard InChI is InChI=1S/C29H34FN9O/c1-16(2)17-7-10-19(11-8-17)35-23(14-22(31)29(3,4)5)37-28(40)36-21-12-9-18(13-20(21)30)25-24-26(32)33-15-34-27(24)39(6)38-25/h7-16H,31H2,1-6H3,(H2,32,33,34)(H2,35,36,37,40). The fraction of sp³-hybridized carbons (Fsp3) is 0.276. The third kappa shape index (κ3) is 6.25. The quantitative estimate of drug-likeness (QED) is 0.190. The van der Waals surface area contributed by atoms with E-state index in [1.807, 2.05) is 45.0 Å². The Hall–Kier alpha value is -4.80. The van der Waals surface area contributed by atoms with Crippen molar-refractivity contribution in [3.05, 3.63) is 71.9 Å². The fourth-order valence-corrected chi connectivity index (χ4v) is 3.88. The number of urea groups is 1. The smallest absolute Gasteiger partial charge is 0.324 e. The number of hydrogen-bond acceptors (Lipinski definition) is 7. The molecule has 0 aliphatic carbocycles. The second kappa shape index (κ2) is 11.1. The molecule has 2 heterocycles. The van der Waals surface area contributed by atoms with Crippen molar-refractivity contribution in [2.75, 3.05) is 11.1 Å².